The van der Waals surface area contributed by atoms with E-state index >= 15 is 0 Å². The van der Waals surface area contributed by atoms with Gasteiger partial charge in [0.15, 0.2) is 0 Å². The minimum atomic E-state index is 0.0264. The van der Waals surface area contributed by atoms with E-state index in [9.17, 15) is 4.79 Å². The first-order chi connectivity index (χ1) is 6.54. The monoisotopic (exact) mass is 211 g/mol. The predicted molar refractivity (Wildman–Crippen MR) is 59.8 cm³/mol. The average Bonchev–Trinajstić information content (AvgIpc) is 2.10. The summed E-state index contributed by atoms with van der Waals surface area (Å²) < 4.78 is 0. The van der Waals surface area contributed by atoms with E-state index in [0.717, 1.165) is 16.8 Å². The van der Waals surface area contributed by atoms with Crippen molar-refractivity contribution in [3.8, 4) is 0 Å². The molecule has 0 saturated heterocycles. The fraction of sp³-hybridized carbons (Fsp3) is 0.364. The van der Waals surface area contributed by atoms with Gasteiger partial charge in [-0.3, -0.25) is 4.79 Å². The molecule has 1 aromatic rings. The van der Waals surface area contributed by atoms with Gasteiger partial charge in [0.1, 0.15) is 0 Å². The van der Waals surface area contributed by atoms with Crippen LogP contribution in [0.15, 0.2) is 12.1 Å². The number of carbonyl (C=O) groups is 1. The van der Waals surface area contributed by atoms with Crippen molar-refractivity contribution in [2.75, 3.05) is 5.32 Å². The van der Waals surface area contributed by atoms with Crippen LogP contribution in [0, 0.1) is 13.8 Å². The summed E-state index contributed by atoms with van der Waals surface area (Å²) in [6, 6.07) is 3.69. The highest BCUT2D eigenvalue weighted by Crippen LogP contribution is 2.24. The highest BCUT2D eigenvalue weighted by Gasteiger charge is 2.06. The van der Waals surface area contributed by atoms with Crippen molar-refractivity contribution >= 4 is 23.2 Å². The van der Waals surface area contributed by atoms with Gasteiger partial charge in [0.25, 0.3) is 0 Å². The second kappa shape index (κ2) is 4.47. The zero-order chi connectivity index (χ0) is 10.7. The quantitative estimate of drug-likeness (QED) is 0.799. The molecule has 3 heteroatoms. The summed E-state index contributed by atoms with van der Waals surface area (Å²) in [5.74, 6) is 0.0264. The standard InChI is InChI=1S/C11H14ClNO/c1-4-10(14)13-11-7(2)5-9(12)6-8(11)3/h5-6H,4H2,1-3H3,(H,13,14). The molecule has 0 unspecified atom stereocenters. The van der Waals surface area contributed by atoms with Crippen LogP contribution in [0.3, 0.4) is 0 Å². The van der Waals surface area contributed by atoms with E-state index in [1.165, 1.54) is 0 Å². The fourth-order valence-corrected chi connectivity index (χ4v) is 1.66. The maximum Gasteiger partial charge on any atom is 0.224 e. The summed E-state index contributed by atoms with van der Waals surface area (Å²) in [7, 11) is 0. The van der Waals surface area contributed by atoms with Gasteiger partial charge in [-0.1, -0.05) is 18.5 Å². The molecule has 1 amide bonds. The molecule has 2 nitrogen and oxygen atoms in total. The van der Waals surface area contributed by atoms with Crippen molar-refractivity contribution in [1.82, 2.24) is 0 Å². The zero-order valence-corrected chi connectivity index (χ0v) is 9.40. The largest absolute Gasteiger partial charge is 0.326 e. The SMILES string of the molecule is CCC(=O)Nc1c(C)cc(Cl)cc1C. The molecule has 1 rings (SSSR count). The van der Waals surface area contributed by atoms with Crippen molar-refractivity contribution in [1.29, 1.82) is 0 Å². The minimum Gasteiger partial charge on any atom is -0.326 e. The van der Waals surface area contributed by atoms with E-state index < -0.39 is 0 Å². The predicted octanol–water partition coefficient (Wildman–Crippen LogP) is 3.31. The Kier molecular flexibility index (Phi) is 3.53. The fourth-order valence-electron chi connectivity index (χ4n) is 1.34. The Morgan fingerprint density at radius 3 is 2.29 bits per heavy atom. The van der Waals surface area contributed by atoms with Gasteiger partial charge in [0, 0.05) is 17.1 Å². The summed E-state index contributed by atoms with van der Waals surface area (Å²) in [5, 5.41) is 3.56. The van der Waals surface area contributed by atoms with Crippen LogP contribution in [-0.2, 0) is 4.79 Å². The van der Waals surface area contributed by atoms with Gasteiger partial charge in [-0.2, -0.15) is 0 Å². The van der Waals surface area contributed by atoms with Crippen LogP contribution in [-0.4, -0.2) is 5.91 Å². The molecule has 0 bridgehead atoms. The third kappa shape index (κ3) is 2.48. The van der Waals surface area contributed by atoms with Gasteiger partial charge in [-0.05, 0) is 37.1 Å². The number of carbonyl (C=O) groups excluding carboxylic acids is 1. The summed E-state index contributed by atoms with van der Waals surface area (Å²) in [5.41, 5.74) is 2.87. The molecule has 14 heavy (non-hydrogen) atoms. The smallest absolute Gasteiger partial charge is 0.224 e. The molecule has 0 aliphatic heterocycles. The molecule has 0 radical (unpaired) electrons. The number of benzene rings is 1. The number of amides is 1. The topological polar surface area (TPSA) is 29.1 Å². The number of anilines is 1. The first-order valence-electron chi connectivity index (χ1n) is 4.61. The number of halogens is 1. The molecule has 0 aliphatic rings. The van der Waals surface area contributed by atoms with E-state index in [0.29, 0.717) is 11.4 Å². The molecule has 0 fully saturated rings. The molecule has 0 atom stereocenters. The Morgan fingerprint density at radius 1 is 1.36 bits per heavy atom. The molecule has 0 aliphatic carbocycles. The first kappa shape index (κ1) is 11.1. The third-order valence-corrected chi connectivity index (χ3v) is 2.30. The van der Waals surface area contributed by atoms with Gasteiger partial charge in [-0.15, -0.1) is 0 Å². The van der Waals surface area contributed by atoms with Crippen molar-refractivity contribution in [3.63, 3.8) is 0 Å². The highest BCUT2D eigenvalue weighted by molar-refractivity contribution is 6.30. The van der Waals surface area contributed by atoms with Crippen LogP contribution in [0.1, 0.15) is 24.5 Å². The van der Waals surface area contributed by atoms with Crippen molar-refractivity contribution in [2.24, 2.45) is 0 Å². The third-order valence-electron chi connectivity index (χ3n) is 2.08. The lowest BCUT2D eigenvalue weighted by molar-refractivity contribution is -0.115. The number of hydrogen-bond acceptors (Lipinski definition) is 1. The molecule has 0 saturated carbocycles. The maximum atomic E-state index is 11.2. The maximum absolute atomic E-state index is 11.2. The Bertz CT molecular complexity index is 337. The lowest BCUT2D eigenvalue weighted by atomic mass is 10.1. The molecular formula is C11H14ClNO. The van der Waals surface area contributed by atoms with Gasteiger partial charge in [0.2, 0.25) is 5.91 Å². The van der Waals surface area contributed by atoms with Gasteiger partial charge in [0.05, 0.1) is 0 Å². The normalized spacial score (nSPS) is 10.0. The van der Waals surface area contributed by atoms with Crippen LogP contribution in [0.5, 0.6) is 0 Å². The van der Waals surface area contributed by atoms with Gasteiger partial charge >= 0.3 is 0 Å². The van der Waals surface area contributed by atoms with E-state index in [-0.39, 0.29) is 5.91 Å². The lowest BCUT2D eigenvalue weighted by Crippen LogP contribution is -2.11. The van der Waals surface area contributed by atoms with E-state index in [1.54, 1.807) is 0 Å². The number of rotatable bonds is 2. The highest BCUT2D eigenvalue weighted by atomic mass is 35.5. The molecule has 76 valence electrons. The second-order valence-corrected chi connectivity index (χ2v) is 3.75. The van der Waals surface area contributed by atoms with Crippen molar-refractivity contribution in [2.45, 2.75) is 27.2 Å². The molecule has 1 aromatic carbocycles. The second-order valence-electron chi connectivity index (χ2n) is 3.32. The van der Waals surface area contributed by atoms with Crippen LogP contribution < -0.4 is 5.32 Å². The van der Waals surface area contributed by atoms with E-state index in [4.69, 9.17) is 11.6 Å². The van der Waals surface area contributed by atoms with Crippen LogP contribution in [0.4, 0.5) is 5.69 Å². The van der Waals surface area contributed by atoms with Crippen LogP contribution in [0.2, 0.25) is 5.02 Å². The number of hydrogen-bond donors (Lipinski definition) is 1. The molecule has 0 heterocycles. The Labute approximate surface area is 89.3 Å². The minimum absolute atomic E-state index is 0.0264. The van der Waals surface area contributed by atoms with E-state index in [1.807, 2.05) is 32.9 Å². The van der Waals surface area contributed by atoms with E-state index in [2.05, 4.69) is 5.32 Å². The number of aryl methyl sites for hydroxylation is 2. The summed E-state index contributed by atoms with van der Waals surface area (Å²) in [4.78, 5) is 11.2. The zero-order valence-electron chi connectivity index (χ0n) is 8.65. The first-order valence-corrected chi connectivity index (χ1v) is 4.99. The summed E-state index contributed by atoms with van der Waals surface area (Å²) in [6.07, 6.45) is 0.488. The Balaban J connectivity index is 3.02. The van der Waals surface area contributed by atoms with Crippen LogP contribution >= 0.6 is 11.6 Å². The Morgan fingerprint density at radius 2 is 1.86 bits per heavy atom. The molecule has 0 spiro atoms. The van der Waals surface area contributed by atoms with Crippen molar-refractivity contribution in [3.05, 3.63) is 28.3 Å². The number of nitrogens with one attached hydrogen (secondary N) is 1. The molecule has 0 aromatic heterocycles. The van der Waals surface area contributed by atoms with Gasteiger partial charge < -0.3 is 5.32 Å². The molecular weight excluding hydrogens is 198 g/mol. The lowest BCUT2D eigenvalue weighted by Gasteiger charge is -2.11. The van der Waals surface area contributed by atoms with Crippen molar-refractivity contribution < 1.29 is 4.79 Å². The van der Waals surface area contributed by atoms with Crippen LogP contribution in [0.25, 0.3) is 0 Å². The van der Waals surface area contributed by atoms with Gasteiger partial charge in [-0.25, -0.2) is 0 Å². The Hall–Kier alpha value is -1.02. The molecule has 1 N–H and O–H groups in total. The summed E-state index contributed by atoms with van der Waals surface area (Å²) in [6.45, 7) is 5.70. The summed E-state index contributed by atoms with van der Waals surface area (Å²) >= 11 is 5.88. The average molecular weight is 212 g/mol.